The van der Waals surface area contributed by atoms with Gasteiger partial charge in [-0.1, -0.05) is 42.5 Å². The lowest BCUT2D eigenvalue weighted by Gasteiger charge is -2.17. The SMILES string of the molecule is O=C1C(=Nc2ccc(OC(F)F)cc2)C(c2ccccc2)S(=O)(=O)N1Cc1ccc(OC(F)F)cc1. The van der Waals surface area contributed by atoms with Crippen LogP contribution in [-0.4, -0.2) is 37.6 Å². The van der Waals surface area contributed by atoms with E-state index in [1.807, 2.05) is 0 Å². The molecule has 3 aromatic rings. The molecule has 1 heterocycles. The average Bonchev–Trinajstić information content (AvgIpc) is 3.01. The maximum absolute atomic E-state index is 13.5. The number of benzene rings is 3. The molecule has 0 aromatic heterocycles. The Hall–Kier alpha value is -3.93. The van der Waals surface area contributed by atoms with Gasteiger partial charge in [-0.3, -0.25) is 4.79 Å². The van der Waals surface area contributed by atoms with E-state index in [1.165, 1.54) is 48.5 Å². The number of ether oxygens (including phenoxy) is 2. The molecule has 7 nitrogen and oxygen atoms in total. The molecule has 0 aliphatic carbocycles. The molecule has 0 radical (unpaired) electrons. The Morgan fingerprint density at radius 3 is 1.86 bits per heavy atom. The zero-order chi connectivity index (χ0) is 25.9. The lowest BCUT2D eigenvalue weighted by Crippen LogP contribution is -2.30. The predicted octanol–water partition coefficient (Wildman–Crippen LogP) is 5.08. The monoisotopic (exact) mass is 522 g/mol. The number of halogens is 4. The maximum Gasteiger partial charge on any atom is 0.387 e. The summed E-state index contributed by atoms with van der Waals surface area (Å²) < 4.78 is 85.9. The molecule has 36 heavy (non-hydrogen) atoms. The van der Waals surface area contributed by atoms with E-state index in [0.717, 1.165) is 0 Å². The molecule has 0 spiro atoms. The van der Waals surface area contributed by atoms with Crippen molar-refractivity contribution in [1.29, 1.82) is 0 Å². The Balaban J connectivity index is 1.69. The van der Waals surface area contributed by atoms with E-state index in [9.17, 15) is 30.8 Å². The number of nitrogens with zero attached hydrogens (tertiary/aromatic N) is 2. The first kappa shape index (κ1) is 25.2. The Morgan fingerprint density at radius 1 is 0.806 bits per heavy atom. The van der Waals surface area contributed by atoms with Gasteiger partial charge in [0.05, 0.1) is 12.2 Å². The van der Waals surface area contributed by atoms with E-state index >= 15 is 0 Å². The highest BCUT2D eigenvalue weighted by molar-refractivity contribution is 7.91. The molecule has 188 valence electrons. The molecule has 0 bridgehead atoms. The minimum atomic E-state index is -4.27. The van der Waals surface area contributed by atoms with Crippen molar-refractivity contribution < 1.29 is 40.2 Å². The molecule has 1 atom stereocenters. The van der Waals surface area contributed by atoms with Gasteiger partial charge in [-0.2, -0.15) is 17.6 Å². The van der Waals surface area contributed by atoms with Crippen molar-refractivity contribution in [1.82, 2.24) is 4.31 Å². The summed E-state index contributed by atoms with van der Waals surface area (Å²) in [4.78, 5) is 17.6. The number of sulfonamides is 1. The van der Waals surface area contributed by atoms with E-state index in [1.54, 1.807) is 30.3 Å². The van der Waals surface area contributed by atoms with E-state index in [-0.39, 0.29) is 29.4 Å². The van der Waals surface area contributed by atoms with Crippen LogP contribution in [0, 0.1) is 0 Å². The Bertz CT molecular complexity index is 1350. The number of carbonyl (C=O) groups is 1. The van der Waals surface area contributed by atoms with Crippen molar-refractivity contribution >= 4 is 27.3 Å². The van der Waals surface area contributed by atoms with Crippen LogP contribution >= 0.6 is 0 Å². The molecule has 1 saturated heterocycles. The van der Waals surface area contributed by atoms with Crippen molar-refractivity contribution in [2.75, 3.05) is 0 Å². The molecule has 3 aromatic carbocycles. The van der Waals surface area contributed by atoms with Crippen LogP contribution in [0.15, 0.2) is 83.9 Å². The number of hydrogen-bond acceptors (Lipinski definition) is 6. The van der Waals surface area contributed by atoms with Crippen LogP contribution in [0.3, 0.4) is 0 Å². The quantitative estimate of drug-likeness (QED) is 0.386. The van der Waals surface area contributed by atoms with E-state index in [2.05, 4.69) is 14.5 Å². The lowest BCUT2D eigenvalue weighted by molar-refractivity contribution is -0.119. The highest BCUT2D eigenvalue weighted by Crippen LogP contribution is 2.37. The molecule has 12 heteroatoms. The molecule has 0 saturated carbocycles. The lowest BCUT2D eigenvalue weighted by atomic mass is 10.1. The van der Waals surface area contributed by atoms with Crippen molar-refractivity contribution in [3.8, 4) is 11.5 Å². The summed E-state index contributed by atoms with van der Waals surface area (Å²) in [5.41, 5.74) is 0.549. The van der Waals surface area contributed by atoms with Gasteiger partial charge in [-0.15, -0.1) is 0 Å². The third-order valence-corrected chi connectivity index (χ3v) is 7.19. The molecule has 1 fully saturated rings. The fourth-order valence-electron chi connectivity index (χ4n) is 3.63. The molecule has 1 aliphatic rings. The minimum Gasteiger partial charge on any atom is -0.435 e. The fourth-order valence-corrected chi connectivity index (χ4v) is 5.48. The maximum atomic E-state index is 13.5. The summed E-state index contributed by atoms with van der Waals surface area (Å²) in [7, 11) is -4.27. The van der Waals surface area contributed by atoms with Gasteiger partial charge in [-0.05, 0) is 47.5 Å². The predicted molar refractivity (Wildman–Crippen MR) is 122 cm³/mol. The van der Waals surface area contributed by atoms with Gasteiger partial charge in [-0.25, -0.2) is 17.7 Å². The molecule has 0 N–H and O–H groups in total. The zero-order valence-corrected chi connectivity index (χ0v) is 19.1. The van der Waals surface area contributed by atoms with Gasteiger partial charge >= 0.3 is 13.2 Å². The van der Waals surface area contributed by atoms with Crippen LogP contribution in [0.4, 0.5) is 23.2 Å². The van der Waals surface area contributed by atoms with Gasteiger partial charge in [0.25, 0.3) is 15.9 Å². The molecule has 1 unspecified atom stereocenters. The zero-order valence-electron chi connectivity index (χ0n) is 18.3. The number of aliphatic imine (C=N–C) groups is 1. The summed E-state index contributed by atoms with van der Waals surface area (Å²) in [6, 6.07) is 18.3. The highest BCUT2D eigenvalue weighted by Gasteiger charge is 2.50. The fraction of sp³-hybridized carbons (Fsp3) is 0.167. The number of carbonyl (C=O) groups excluding carboxylic acids is 1. The molecular weight excluding hydrogens is 504 g/mol. The molecule has 1 amide bonds. The first-order valence-electron chi connectivity index (χ1n) is 10.4. The van der Waals surface area contributed by atoms with E-state index in [4.69, 9.17) is 0 Å². The second kappa shape index (κ2) is 10.4. The van der Waals surface area contributed by atoms with Gasteiger partial charge in [0.1, 0.15) is 17.2 Å². The Morgan fingerprint density at radius 2 is 1.33 bits per heavy atom. The first-order chi connectivity index (χ1) is 17.1. The van der Waals surface area contributed by atoms with Crippen LogP contribution in [-0.2, 0) is 21.4 Å². The standard InChI is InChI=1S/C24H18F4N2O5S/c25-23(26)34-18-10-6-15(7-11-18)14-30-22(31)20(21(36(30,32)33)16-4-2-1-3-5-16)29-17-8-12-19(13-9-17)35-24(27)28/h1-13,21,23-24H,14H2. The smallest absolute Gasteiger partial charge is 0.387 e. The van der Waals surface area contributed by atoms with Crippen molar-refractivity contribution in [2.24, 2.45) is 4.99 Å². The molecule has 1 aliphatic heterocycles. The summed E-state index contributed by atoms with van der Waals surface area (Å²) in [6.07, 6.45) is 0. The largest absolute Gasteiger partial charge is 0.435 e. The molecule has 4 rings (SSSR count). The van der Waals surface area contributed by atoms with Crippen LogP contribution in [0.1, 0.15) is 16.4 Å². The van der Waals surface area contributed by atoms with Crippen LogP contribution in [0.5, 0.6) is 11.5 Å². The van der Waals surface area contributed by atoms with Crippen LogP contribution < -0.4 is 9.47 Å². The molecular formula is C24H18F4N2O5S. The minimum absolute atomic E-state index is 0.118. The first-order valence-corrected chi connectivity index (χ1v) is 11.9. The van der Waals surface area contributed by atoms with Gasteiger partial charge in [0.2, 0.25) is 0 Å². The third-order valence-electron chi connectivity index (χ3n) is 5.19. The van der Waals surface area contributed by atoms with E-state index < -0.39 is 34.4 Å². The summed E-state index contributed by atoms with van der Waals surface area (Å²) >= 11 is 0. The number of rotatable bonds is 8. The number of hydrogen-bond donors (Lipinski definition) is 0. The van der Waals surface area contributed by atoms with Crippen LogP contribution in [0.2, 0.25) is 0 Å². The summed E-state index contributed by atoms with van der Waals surface area (Å²) in [5.74, 6) is -1.11. The van der Waals surface area contributed by atoms with Gasteiger partial charge < -0.3 is 9.47 Å². The van der Waals surface area contributed by atoms with Crippen molar-refractivity contribution in [3.05, 3.63) is 90.0 Å². The second-order valence-electron chi connectivity index (χ2n) is 7.54. The van der Waals surface area contributed by atoms with Gasteiger partial charge in [0, 0.05) is 0 Å². The average molecular weight is 522 g/mol. The van der Waals surface area contributed by atoms with Crippen molar-refractivity contribution in [3.63, 3.8) is 0 Å². The summed E-state index contributed by atoms with van der Waals surface area (Å²) in [5, 5.41) is -1.41. The summed E-state index contributed by atoms with van der Waals surface area (Å²) in [6.45, 7) is -6.40. The topological polar surface area (TPSA) is 85.3 Å². The van der Waals surface area contributed by atoms with Crippen molar-refractivity contribution in [2.45, 2.75) is 25.0 Å². The van der Waals surface area contributed by atoms with Gasteiger partial charge in [0.15, 0.2) is 5.25 Å². The number of alkyl halides is 4. The Labute approximate surface area is 203 Å². The number of amides is 1. The van der Waals surface area contributed by atoms with E-state index in [0.29, 0.717) is 15.4 Å². The second-order valence-corrected chi connectivity index (χ2v) is 9.48. The van der Waals surface area contributed by atoms with Crippen LogP contribution in [0.25, 0.3) is 0 Å². The highest BCUT2D eigenvalue weighted by atomic mass is 32.2. The normalized spacial score (nSPS) is 18.3. The third kappa shape index (κ3) is 5.48. The Kier molecular flexibility index (Phi) is 7.25.